The molecule has 6 nitrogen and oxygen atoms in total. The van der Waals surface area contributed by atoms with E-state index in [1.54, 1.807) is 0 Å². The highest BCUT2D eigenvalue weighted by Gasteiger charge is 2.47. The summed E-state index contributed by atoms with van der Waals surface area (Å²) in [6.07, 6.45) is 0.685. The molecule has 0 radical (unpaired) electrons. The van der Waals surface area contributed by atoms with Crippen LogP contribution in [0.3, 0.4) is 0 Å². The van der Waals surface area contributed by atoms with E-state index in [2.05, 4.69) is 30.3 Å². The van der Waals surface area contributed by atoms with Gasteiger partial charge < -0.3 is 9.63 Å². The van der Waals surface area contributed by atoms with Crippen LogP contribution in [0.5, 0.6) is 0 Å². The molecule has 0 aromatic heterocycles. The number of rotatable bonds is 7. The van der Waals surface area contributed by atoms with Crippen LogP contribution in [0.25, 0.3) is 0 Å². The molecule has 0 rings (SSSR count). The lowest BCUT2D eigenvalue weighted by Gasteiger charge is -2.43. The molecule has 2 unspecified atom stereocenters. The molecule has 0 aliphatic heterocycles. The second-order valence-corrected chi connectivity index (χ2v) is 8.33. The van der Waals surface area contributed by atoms with Gasteiger partial charge in [0.25, 0.3) is 0 Å². The van der Waals surface area contributed by atoms with E-state index in [1.165, 1.54) is 0 Å². The van der Waals surface area contributed by atoms with E-state index in [-0.39, 0.29) is 30.0 Å². The van der Waals surface area contributed by atoms with Crippen molar-refractivity contribution < 1.29 is 28.6 Å². The molecule has 0 aromatic carbocycles. The van der Waals surface area contributed by atoms with Crippen molar-refractivity contribution in [1.82, 2.24) is 0 Å². The molecule has 0 saturated heterocycles. The molecule has 0 heterocycles. The third-order valence-corrected chi connectivity index (χ3v) is 3.78. The minimum atomic E-state index is -3.12. The molecule has 0 aromatic rings. The molecule has 0 aliphatic carbocycles. The van der Waals surface area contributed by atoms with E-state index < -0.39 is 13.7 Å². The third-order valence-electron chi connectivity index (χ3n) is 3.52. The van der Waals surface area contributed by atoms with E-state index in [0.29, 0.717) is 6.42 Å². The van der Waals surface area contributed by atoms with Crippen LogP contribution in [-0.4, -0.2) is 24.1 Å². The second kappa shape index (κ2) is 7.73. The summed E-state index contributed by atoms with van der Waals surface area (Å²) >= 11 is 0. The van der Waals surface area contributed by atoms with E-state index in [9.17, 15) is 9.36 Å². The normalized spacial score (nSPS) is 17.1. The predicted molar refractivity (Wildman–Crippen MR) is 80.9 cm³/mol. The Bertz CT molecular complexity index is 369. The van der Waals surface area contributed by atoms with Gasteiger partial charge in [-0.1, -0.05) is 41.5 Å². The Labute approximate surface area is 128 Å². The standard InChI is InChI=1S/C14H29O6P/c1-12(2,3)10-14(7,13(4,5)6)11(15)18-8-9-19-20-21(16)17/h21H,8-10H2,1-7H3,(H,16,17). The monoisotopic (exact) mass is 324 g/mol. The largest absolute Gasteiger partial charge is 0.463 e. The minimum absolute atomic E-state index is 0.0164. The molecule has 7 heteroatoms. The van der Waals surface area contributed by atoms with Gasteiger partial charge in [-0.3, -0.25) is 9.36 Å². The van der Waals surface area contributed by atoms with Crippen molar-refractivity contribution in [3.05, 3.63) is 0 Å². The van der Waals surface area contributed by atoms with Crippen molar-refractivity contribution in [3.63, 3.8) is 0 Å². The Morgan fingerprint density at radius 1 is 1.05 bits per heavy atom. The van der Waals surface area contributed by atoms with E-state index >= 15 is 0 Å². The lowest BCUT2D eigenvalue weighted by molar-refractivity contribution is -0.218. The van der Waals surface area contributed by atoms with Crippen LogP contribution in [-0.2, 0) is 23.7 Å². The summed E-state index contributed by atoms with van der Waals surface area (Å²) in [7, 11) is -3.12. The van der Waals surface area contributed by atoms with E-state index in [4.69, 9.17) is 9.63 Å². The Hall–Kier alpha value is -0.420. The first-order valence-corrected chi connectivity index (χ1v) is 8.25. The zero-order valence-corrected chi connectivity index (χ0v) is 15.1. The van der Waals surface area contributed by atoms with Gasteiger partial charge in [0.1, 0.15) is 13.2 Å². The average molecular weight is 324 g/mol. The summed E-state index contributed by atoms with van der Waals surface area (Å²) in [6.45, 7) is 14.1. The number of carbonyl (C=O) groups excluding carboxylic acids is 1. The Balaban J connectivity index is 4.65. The first kappa shape index (κ1) is 20.6. The number of hydrogen-bond donors (Lipinski definition) is 1. The summed E-state index contributed by atoms with van der Waals surface area (Å²) in [5.74, 6) is -0.301. The van der Waals surface area contributed by atoms with Crippen molar-refractivity contribution in [3.8, 4) is 0 Å². The van der Waals surface area contributed by atoms with Crippen LogP contribution in [0, 0.1) is 16.2 Å². The summed E-state index contributed by atoms with van der Waals surface area (Å²) in [6, 6.07) is 0. The van der Waals surface area contributed by atoms with Gasteiger partial charge >= 0.3 is 14.2 Å². The molecule has 0 spiro atoms. The van der Waals surface area contributed by atoms with Crippen molar-refractivity contribution in [2.45, 2.75) is 54.9 Å². The van der Waals surface area contributed by atoms with Crippen LogP contribution in [0.15, 0.2) is 0 Å². The zero-order valence-electron chi connectivity index (χ0n) is 14.1. The highest BCUT2D eigenvalue weighted by Crippen LogP contribution is 2.47. The number of esters is 1. The first-order chi connectivity index (χ1) is 9.29. The molecule has 0 fully saturated rings. The summed E-state index contributed by atoms with van der Waals surface area (Å²) < 4.78 is 19.6. The second-order valence-electron chi connectivity index (χ2n) is 7.63. The lowest BCUT2D eigenvalue weighted by Crippen LogP contribution is -2.44. The van der Waals surface area contributed by atoms with E-state index in [1.807, 2.05) is 27.7 Å². The fraction of sp³-hybridized carbons (Fsp3) is 0.929. The number of ether oxygens (including phenoxy) is 1. The first-order valence-electron chi connectivity index (χ1n) is 6.99. The maximum Gasteiger partial charge on any atom is 0.344 e. The number of hydrogen-bond acceptors (Lipinski definition) is 5. The summed E-state index contributed by atoms with van der Waals surface area (Å²) in [4.78, 5) is 25.3. The predicted octanol–water partition coefficient (Wildman–Crippen LogP) is 3.35. The number of carbonyl (C=O) groups is 1. The Morgan fingerprint density at radius 2 is 1.57 bits per heavy atom. The Morgan fingerprint density at radius 3 is 1.95 bits per heavy atom. The fourth-order valence-electron chi connectivity index (χ4n) is 2.12. The van der Waals surface area contributed by atoms with Crippen molar-refractivity contribution in [1.29, 1.82) is 0 Å². The molecular formula is C14H29O6P. The summed E-state index contributed by atoms with van der Waals surface area (Å²) in [5, 5.41) is 0. The Kier molecular flexibility index (Phi) is 7.57. The fourth-order valence-corrected chi connectivity index (χ4v) is 2.31. The molecule has 2 atom stereocenters. The SMILES string of the molecule is CC(C)(C)CC(C)(C(=O)OCCOO[PH](=O)O)C(C)(C)C. The molecule has 0 bridgehead atoms. The van der Waals surface area contributed by atoms with Crippen LogP contribution in [0.4, 0.5) is 0 Å². The maximum atomic E-state index is 12.5. The molecule has 1 N–H and O–H groups in total. The smallest absolute Gasteiger partial charge is 0.344 e. The quantitative estimate of drug-likeness (QED) is 0.254. The van der Waals surface area contributed by atoms with Gasteiger partial charge in [0, 0.05) is 0 Å². The molecule has 21 heavy (non-hydrogen) atoms. The topological polar surface area (TPSA) is 82.1 Å². The van der Waals surface area contributed by atoms with Crippen LogP contribution in [0.2, 0.25) is 0 Å². The molecular weight excluding hydrogens is 295 g/mol. The minimum Gasteiger partial charge on any atom is -0.463 e. The van der Waals surface area contributed by atoms with Crippen LogP contribution in [0.1, 0.15) is 54.9 Å². The maximum absolute atomic E-state index is 12.5. The van der Waals surface area contributed by atoms with Gasteiger partial charge in [0.05, 0.1) is 5.41 Å². The van der Waals surface area contributed by atoms with E-state index in [0.717, 1.165) is 0 Å². The molecule has 0 aliphatic rings. The van der Waals surface area contributed by atoms with Gasteiger partial charge in [0.2, 0.25) is 0 Å². The highest BCUT2D eigenvalue weighted by atomic mass is 31.1. The van der Waals surface area contributed by atoms with Gasteiger partial charge in [-0.05, 0) is 24.2 Å². The van der Waals surface area contributed by atoms with Crippen molar-refractivity contribution in [2.24, 2.45) is 16.2 Å². The highest BCUT2D eigenvalue weighted by molar-refractivity contribution is 7.31. The van der Waals surface area contributed by atoms with Crippen molar-refractivity contribution in [2.75, 3.05) is 13.2 Å². The average Bonchev–Trinajstić information content (AvgIpc) is 2.23. The summed E-state index contributed by atoms with van der Waals surface area (Å²) in [5.41, 5.74) is -0.918. The molecule has 0 saturated carbocycles. The lowest BCUT2D eigenvalue weighted by atomic mass is 9.61. The molecule has 126 valence electrons. The van der Waals surface area contributed by atoms with Gasteiger partial charge in [-0.15, -0.1) is 0 Å². The van der Waals surface area contributed by atoms with Gasteiger partial charge in [-0.2, -0.15) is 4.67 Å². The third kappa shape index (κ3) is 7.41. The van der Waals surface area contributed by atoms with Gasteiger partial charge in [-0.25, -0.2) is 4.89 Å². The van der Waals surface area contributed by atoms with Gasteiger partial charge in [0.15, 0.2) is 0 Å². The molecule has 0 amide bonds. The van der Waals surface area contributed by atoms with Crippen molar-refractivity contribution >= 4 is 14.2 Å². The van der Waals surface area contributed by atoms with Crippen LogP contribution < -0.4 is 0 Å². The zero-order chi connectivity index (χ0) is 16.9. The van der Waals surface area contributed by atoms with Crippen LogP contribution >= 0.6 is 8.25 Å².